The molecule has 10 heteroatoms. The maximum atomic E-state index is 13.8. The molecule has 2 amide bonds. The zero-order valence-corrected chi connectivity index (χ0v) is 23.2. The molecule has 1 aliphatic carbocycles. The molecule has 0 spiro atoms. The largest absolute Gasteiger partial charge is 0.352 e. The summed E-state index contributed by atoms with van der Waals surface area (Å²) in [5.74, 6) is -0.735. The van der Waals surface area contributed by atoms with Crippen LogP contribution in [0.15, 0.2) is 42.5 Å². The summed E-state index contributed by atoms with van der Waals surface area (Å²) in [6, 6.07) is 11.2. The maximum Gasteiger partial charge on any atom is 0.244 e. The first-order chi connectivity index (χ1) is 17.0. The highest BCUT2D eigenvalue weighted by Gasteiger charge is 2.33. The lowest BCUT2D eigenvalue weighted by molar-refractivity contribution is -0.140. The summed E-state index contributed by atoms with van der Waals surface area (Å²) in [5.41, 5.74) is 1.65. The van der Waals surface area contributed by atoms with Crippen LogP contribution in [0.4, 0.5) is 5.69 Å². The van der Waals surface area contributed by atoms with Crippen LogP contribution in [0.3, 0.4) is 0 Å². The van der Waals surface area contributed by atoms with Gasteiger partial charge in [0.25, 0.3) is 0 Å². The zero-order chi connectivity index (χ0) is 26.5. The molecule has 36 heavy (non-hydrogen) atoms. The number of sulfonamides is 1. The molecule has 1 unspecified atom stereocenters. The molecule has 0 saturated heterocycles. The van der Waals surface area contributed by atoms with Crippen LogP contribution < -0.4 is 9.62 Å². The van der Waals surface area contributed by atoms with Crippen molar-refractivity contribution in [2.75, 3.05) is 17.1 Å². The zero-order valence-electron chi connectivity index (χ0n) is 20.8. The van der Waals surface area contributed by atoms with E-state index in [2.05, 4.69) is 5.32 Å². The summed E-state index contributed by atoms with van der Waals surface area (Å²) < 4.78 is 26.6. The van der Waals surface area contributed by atoms with Crippen molar-refractivity contribution in [3.8, 4) is 0 Å². The van der Waals surface area contributed by atoms with Gasteiger partial charge >= 0.3 is 0 Å². The van der Waals surface area contributed by atoms with Crippen molar-refractivity contribution < 1.29 is 18.0 Å². The maximum absolute atomic E-state index is 13.8. The second-order valence-electron chi connectivity index (χ2n) is 9.23. The number of hydrogen-bond acceptors (Lipinski definition) is 4. The average molecular weight is 555 g/mol. The Morgan fingerprint density at radius 2 is 1.78 bits per heavy atom. The third-order valence-electron chi connectivity index (χ3n) is 6.49. The Hall–Kier alpha value is -2.29. The van der Waals surface area contributed by atoms with E-state index in [0.29, 0.717) is 33.3 Å². The van der Waals surface area contributed by atoms with E-state index in [-0.39, 0.29) is 18.5 Å². The van der Waals surface area contributed by atoms with Gasteiger partial charge in [0.05, 0.1) is 11.9 Å². The van der Waals surface area contributed by atoms with Gasteiger partial charge in [-0.15, -0.1) is 0 Å². The summed E-state index contributed by atoms with van der Waals surface area (Å²) in [6.45, 7) is 3.18. The number of carbonyl (C=O) groups excluding carboxylic acids is 2. The SMILES string of the molecule is CCC(C(=O)NC1CCCC1)N(Cc1ccccc1Cl)C(=O)CN(c1ccc(Cl)cc1C)S(C)(=O)=O. The van der Waals surface area contributed by atoms with E-state index in [0.717, 1.165) is 36.2 Å². The molecule has 1 saturated carbocycles. The molecular formula is C26H33Cl2N3O4S. The lowest BCUT2D eigenvalue weighted by atomic mass is 10.1. The Kier molecular flexibility index (Phi) is 9.66. The van der Waals surface area contributed by atoms with Crippen molar-refractivity contribution in [3.63, 3.8) is 0 Å². The van der Waals surface area contributed by atoms with E-state index in [1.165, 1.54) is 4.90 Å². The molecule has 0 aromatic heterocycles. The van der Waals surface area contributed by atoms with Crippen molar-refractivity contribution in [1.82, 2.24) is 10.2 Å². The molecule has 0 aliphatic heterocycles. The topological polar surface area (TPSA) is 86.8 Å². The summed E-state index contributed by atoms with van der Waals surface area (Å²) in [5, 5.41) is 4.02. The summed E-state index contributed by atoms with van der Waals surface area (Å²) in [7, 11) is -3.82. The highest BCUT2D eigenvalue weighted by Crippen LogP contribution is 2.27. The Morgan fingerprint density at radius 1 is 1.11 bits per heavy atom. The standard InChI is InChI=1S/C26H33Cl2N3O4S/c1-4-23(26(33)29-21-10-6-7-11-21)30(16-19-9-5-8-12-22(19)28)25(32)17-31(36(3,34)35)24-14-13-20(27)15-18(24)2/h5,8-9,12-15,21,23H,4,6-7,10-11,16-17H2,1-3H3,(H,29,33). The third-order valence-corrected chi connectivity index (χ3v) is 8.22. The number of halogens is 2. The summed E-state index contributed by atoms with van der Waals surface area (Å²) in [4.78, 5) is 28.5. The van der Waals surface area contributed by atoms with Crippen LogP contribution >= 0.6 is 23.2 Å². The molecule has 7 nitrogen and oxygen atoms in total. The molecule has 1 atom stereocenters. The van der Waals surface area contributed by atoms with Crippen molar-refractivity contribution in [3.05, 3.63) is 63.6 Å². The third kappa shape index (κ3) is 7.14. The molecule has 1 N–H and O–H groups in total. The molecule has 196 valence electrons. The Bertz CT molecular complexity index is 1200. The van der Waals surface area contributed by atoms with E-state index >= 15 is 0 Å². The fraction of sp³-hybridized carbons (Fsp3) is 0.462. The van der Waals surface area contributed by atoms with Crippen LogP contribution in [-0.2, 0) is 26.2 Å². The van der Waals surface area contributed by atoms with E-state index in [1.54, 1.807) is 43.3 Å². The minimum atomic E-state index is -3.82. The van der Waals surface area contributed by atoms with Crippen molar-refractivity contribution >= 4 is 50.7 Å². The molecular weight excluding hydrogens is 521 g/mol. The van der Waals surface area contributed by atoms with Gasteiger partial charge in [-0.25, -0.2) is 8.42 Å². The molecule has 0 radical (unpaired) electrons. The molecule has 2 aromatic carbocycles. The van der Waals surface area contributed by atoms with Gasteiger partial charge in [0, 0.05) is 22.6 Å². The molecule has 2 aromatic rings. The van der Waals surface area contributed by atoms with Crippen LogP contribution in [0, 0.1) is 6.92 Å². The number of rotatable bonds is 10. The summed E-state index contributed by atoms with van der Waals surface area (Å²) >= 11 is 12.5. The number of nitrogens with one attached hydrogen (secondary N) is 1. The highest BCUT2D eigenvalue weighted by molar-refractivity contribution is 7.92. The van der Waals surface area contributed by atoms with Crippen molar-refractivity contribution in [2.45, 2.75) is 64.6 Å². The number of nitrogens with zero attached hydrogens (tertiary/aromatic N) is 2. The van der Waals surface area contributed by atoms with Crippen molar-refractivity contribution in [1.29, 1.82) is 0 Å². The average Bonchev–Trinajstić information content (AvgIpc) is 3.31. The van der Waals surface area contributed by atoms with Crippen LogP contribution in [0.1, 0.15) is 50.2 Å². The minimum Gasteiger partial charge on any atom is -0.352 e. The van der Waals surface area contributed by atoms with Crippen molar-refractivity contribution in [2.24, 2.45) is 0 Å². The highest BCUT2D eigenvalue weighted by atomic mass is 35.5. The van der Waals surface area contributed by atoms with Crippen LogP contribution in [0.5, 0.6) is 0 Å². The van der Waals surface area contributed by atoms with Gasteiger partial charge in [0.1, 0.15) is 12.6 Å². The quantitative estimate of drug-likeness (QED) is 0.451. The van der Waals surface area contributed by atoms with Gasteiger partial charge in [-0.3, -0.25) is 13.9 Å². The van der Waals surface area contributed by atoms with Crippen LogP contribution in [0.25, 0.3) is 0 Å². The Labute approximate surface area is 223 Å². The van der Waals surface area contributed by atoms with E-state index < -0.39 is 28.5 Å². The number of anilines is 1. The number of benzene rings is 2. The van der Waals surface area contributed by atoms with Gasteiger partial charge < -0.3 is 10.2 Å². The second-order valence-corrected chi connectivity index (χ2v) is 12.0. The first-order valence-corrected chi connectivity index (χ1v) is 14.7. The molecule has 0 bridgehead atoms. The van der Waals surface area contributed by atoms with Gasteiger partial charge in [0.15, 0.2) is 0 Å². The molecule has 0 heterocycles. The number of carbonyl (C=O) groups is 2. The van der Waals surface area contributed by atoms with Gasteiger partial charge in [0.2, 0.25) is 21.8 Å². The fourth-order valence-corrected chi connectivity index (χ4v) is 5.92. The molecule has 3 rings (SSSR count). The number of hydrogen-bond donors (Lipinski definition) is 1. The number of amides is 2. The van der Waals surface area contributed by atoms with E-state index in [1.807, 2.05) is 13.0 Å². The van der Waals surface area contributed by atoms with Gasteiger partial charge in [-0.1, -0.05) is 61.2 Å². The van der Waals surface area contributed by atoms with Crippen LogP contribution in [0.2, 0.25) is 10.0 Å². The first-order valence-electron chi connectivity index (χ1n) is 12.1. The number of aryl methyl sites for hydroxylation is 1. The predicted molar refractivity (Wildman–Crippen MR) is 145 cm³/mol. The smallest absolute Gasteiger partial charge is 0.244 e. The lowest BCUT2D eigenvalue weighted by Gasteiger charge is -2.34. The Morgan fingerprint density at radius 3 is 2.36 bits per heavy atom. The first kappa shape index (κ1) is 28.3. The van der Waals surface area contributed by atoms with Gasteiger partial charge in [-0.05, 0) is 61.6 Å². The van der Waals surface area contributed by atoms with E-state index in [4.69, 9.17) is 23.2 Å². The monoisotopic (exact) mass is 553 g/mol. The van der Waals surface area contributed by atoms with Crippen LogP contribution in [-0.4, -0.2) is 50.0 Å². The lowest BCUT2D eigenvalue weighted by Crippen LogP contribution is -2.53. The fourth-order valence-electron chi connectivity index (χ4n) is 4.59. The van der Waals surface area contributed by atoms with E-state index in [9.17, 15) is 18.0 Å². The summed E-state index contributed by atoms with van der Waals surface area (Å²) in [6.07, 6.45) is 5.38. The minimum absolute atomic E-state index is 0.0757. The molecule has 1 fully saturated rings. The second kappa shape index (κ2) is 12.3. The normalized spacial score (nSPS) is 14.9. The predicted octanol–water partition coefficient (Wildman–Crippen LogP) is 4.93. The van der Waals surface area contributed by atoms with Gasteiger partial charge in [-0.2, -0.15) is 0 Å². The Balaban J connectivity index is 1.95. The molecule has 1 aliphatic rings.